The predicted molar refractivity (Wildman–Crippen MR) is 88.2 cm³/mol. The summed E-state index contributed by atoms with van der Waals surface area (Å²) in [7, 11) is 0. The first-order valence-corrected chi connectivity index (χ1v) is 7.54. The molecule has 0 bridgehead atoms. The Morgan fingerprint density at radius 1 is 1.41 bits per heavy atom. The van der Waals surface area contributed by atoms with E-state index in [0.29, 0.717) is 26.4 Å². The molecule has 1 amide bonds. The second-order valence-corrected chi connectivity index (χ2v) is 5.23. The molecule has 1 fully saturated rings. The Bertz CT molecular complexity index is 464. The van der Waals surface area contributed by atoms with E-state index in [9.17, 15) is 4.79 Å². The van der Waals surface area contributed by atoms with Crippen molar-refractivity contribution in [2.45, 2.75) is 32.4 Å². The van der Waals surface area contributed by atoms with Crippen LogP contribution in [0.2, 0.25) is 0 Å². The molecular formula is C16H25ClN2O3. The molecule has 1 heterocycles. The Hall–Kier alpha value is -1.30. The maximum Gasteiger partial charge on any atom is 0.237 e. The number of carbonyl (C=O) groups is 1. The minimum atomic E-state index is -0.465. The molecule has 3 N–H and O–H groups in total. The molecule has 0 spiro atoms. The van der Waals surface area contributed by atoms with E-state index < -0.39 is 6.04 Å². The number of benzene rings is 1. The molecule has 1 aromatic rings. The fraction of sp³-hybridized carbons (Fsp3) is 0.562. The first kappa shape index (κ1) is 18.7. The number of nitrogens with two attached hydrogens (primary N) is 1. The predicted octanol–water partition coefficient (Wildman–Crippen LogP) is 1.88. The van der Waals surface area contributed by atoms with Gasteiger partial charge in [0, 0.05) is 25.3 Å². The van der Waals surface area contributed by atoms with Crippen molar-refractivity contribution >= 4 is 18.3 Å². The van der Waals surface area contributed by atoms with Crippen LogP contribution < -0.4 is 15.8 Å². The lowest BCUT2D eigenvalue weighted by Crippen LogP contribution is -2.46. The van der Waals surface area contributed by atoms with E-state index >= 15 is 0 Å². The fourth-order valence-corrected chi connectivity index (χ4v) is 2.54. The van der Waals surface area contributed by atoms with Crippen LogP contribution in [0.5, 0.6) is 5.75 Å². The van der Waals surface area contributed by atoms with Crippen molar-refractivity contribution in [3.05, 3.63) is 29.8 Å². The SMILES string of the molecule is CCOc1ccccc1CNC(=O)C(N)C1CCOCC1.Cl. The van der Waals surface area contributed by atoms with Gasteiger partial charge in [-0.05, 0) is 31.7 Å². The first-order chi connectivity index (χ1) is 10.2. The summed E-state index contributed by atoms with van der Waals surface area (Å²) >= 11 is 0. The minimum absolute atomic E-state index is 0. The summed E-state index contributed by atoms with van der Waals surface area (Å²) in [6.07, 6.45) is 1.70. The molecule has 1 aliphatic rings. The standard InChI is InChI=1S/C16H24N2O3.ClH/c1-2-21-14-6-4-3-5-13(14)11-18-16(19)15(17)12-7-9-20-10-8-12;/h3-6,12,15H,2,7-11,17H2,1H3,(H,18,19);1H. The van der Waals surface area contributed by atoms with Crippen molar-refractivity contribution in [2.24, 2.45) is 11.7 Å². The van der Waals surface area contributed by atoms with Gasteiger partial charge in [-0.15, -0.1) is 12.4 Å². The van der Waals surface area contributed by atoms with Crippen molar-refractivity contribution in [1.82, 2.24) is 5.32 Å². The highest BCUT2D eigenvalue weighted by Gasteiger charge is 2.26. The molecule has 6 heteroatoms. The molecule has 124 valence electrons. The molecule has 1 aliphatic heterocycles. The highest BCUT2D eigenvalue weighted by atomic mass is 35.5. The van der Waals surface area contributed by atoms with Gasteiger partial charge in [0.15, 0.2) is 0 Å². The zero-order valence-corrected chi connectivity index (χ0v) is 13.7. The number of nitrogens with one attached hydrogen (secondary N) is 1. The smallest absolute Gasteiger partial charge is 0.237 e. The van der Waals surface area contributed by atoms with Gasteiger partial charge in [0.2, 0.25) is 5.91 Å². The Balaban J connectivity index is 0.00000242. The van der Waals surface area contributed by atoms with Crippen molar-refractivity contribution in [3.63, 3.8) is 0 Å². The quantitative estimate of drug-likeness (QED) is 0.836. The van der Waals surface area contributed by atoms with Crippen LogP contribution in [0.4, 0.5) is 0 Å². The number of hydrogen-bond acceptors (Lipinski definition) is 4. The molecule has 0 saturated carbocycles. The van der Waals surface area contributed by atoms with Crippen LogP contribution in [0.3, 0.4) is 0 Å². The second kappa shape index (κ2) is 9.66. The van der Waals surface area contributed by atoms with E-state index in [2.05, 4.69) is 5.32 Å². The van der Waals surface area contributed by atoms with Gasteiger partial charge in [-0.25, -0.2) is 0 Å². The molecule has 1 unspecified atom stereocenters. The third kappa shape index (κ3) is 5.16. The van der Waals surface area contributed by atoms with Crippen LogP contribution in [0.1, 0.15) is 25.3 Å². The van der Waals surface area contributed by atoms with Gasteiger partial charge in [-0.1, -0.05) is 18.2 Å². The van der Waals surface area contributed by atoms with Crippen LogP contribution in [0.25, 0.3) is 0 Å². The fourth-order valence-electron chi connectivity index (χ4n) is 2.54. The monoisotopic (exact) mass is 328 g/mol. The summed E-state index contributed by atoms with van der Waals surface area (Å²) in [5.74, 6) is 0.911. The third-order valence-corrected chi connectivity index (χ3v) is 3.80. The Labute approximate surface area is 138 Å². The van der Waals surface area contributed by atoms with E-state index in [-0.39, 0.29) is 24.2 Å². The minimum Gasteiger partial charge on any atom is -0.494 e. The number of halogens is 1. The number of rotatable bonds is 6. The van der Waals surface area contributed by atoms with Crippen LogP contribution in [0.15, 0.2) is 24.3 Å². The van der Waals surface area contributed by atoms with Crippen LogP contribution >= 0.6 is 12.4 Å². The van der Waals surface area contributed by atoms with Gasteiger partial charge >= 0.3 is 0 Å². The number of amides is 1. The molecule has 1 aromatic carbocycles. The van der Waals surface area contributed by atoms with Crippen molar-refractivity contribution in [1.29, 1.82) is 0 Å². The van der Waals surface area contributed by atoms with Crippen LogP contribution in [-0.4, -0.2) is 31.8 Å². The number of carbonyl (C=O) groups excluding carboxylic acids is 1. The molecular weight excluding hydrogens is 304 g/mol. The van der Waals surface area contributed by atoms with Gasteiger partial charge in [-0.3, -0.25) is 4.79 Å². The van der Waals surface area contributed by atoms with Gasteiger partial charge < -0.3 is 20.5 Å². The summed E-state index contributed by atoms with van der Waals surface area (Å²) < 4.78 is 10.8. The maximum atomic E-state index is 12.2. The average molecular weight is 329 g/mol. The molecule has 0 aromatic heterocycles. The van der Waals surface area contributed by atoms with E-state index in [4.69, 9.17) is 15.2 Å². The molecule has 2 rings (SSSR count). The lowest BCUT2D eigenvalue weighted by molar-refractivity contribution is -0.124. The largest absolute Gasteiger partial charge is 0.494 e. The zero-order valence-electron chi connectivity index (χ0n) is 12.9. The zero-order chi connectivity index (χ0) is 15.1. The molecule has 1 saturated heterocycles. The van der Waals surface area contributed by atoms with E-state index in [1.807, 2.05) is 31.2 Å². The highest BCUT2D eigenvalue weighted by Crippen LogP contribution is 2.19. The molecule has 0 radical (unpaired) electrons. The number of ether oxygens (including phenoxy) is 2. The molecule has 1 atom stereocenters. The van der Waals surface area contributed by atoms with E-state index in [1.165, 1.54) is 0 Å². The maximum absolute atomic E-state index is 12.2. The summed E-state index contributed by atoms with van der Waals surface area (Å²) in [6, 6.07) is 7.24. The van der Waals surface area contributed by atoms with Crippen LogP contribution in [0, 0.1) is 5.92 Å². The molecule has 5 nitrogen and oxygen atoms in total. The lowest BCUT2D eigenvalue weighted by atomic mass is 9.92. The Morgan fingerprint density at radius 2 is 2.09 bits per heavy atom. The topological polar surface area (TPSA) is 73.6 Å². The Kier molecular flexibility index (Phi) is 8.24. The first-order valence-electron chi connectivity index (χ1n) is 7.54. The summed E-state index contributed by atoms with van der Waals surface area (Å²) in [5.41, 5.74) is 7.02. The van der Waals surface area contributed by atoms with Gasteiger partial charge in [0.25, 0.3) is 0 Å². The number of para-hydroxylation sites is 1. The lowest BCUT2D eigenvalue weighted by Gasteiger charge is -2.26. The second-order valence-electron chi connectivity index (χ2n) is 5.23. The van der Waals surface area contributed by atoms with Crippen molar-refractivity contribution in [2.75, 3.05) is 19.8 Å². The third-order valence-electron chi connectivity index (χ3n) is 3.80. The summed E-state index contributed by atoms with van der Waals surface area (Å²) in [6.45, 7) is 4.37. The van der Waals surface area contributed by atoms with E-state index in [1.54, 1.807) is 0 Å². The molecule has 22 heavy (non-hydrogen) atoms. The summed E-state index contributed by atoms with van der Waals surface area (Å²) in [5, 5.41) is 2.91. The van der Waals surface area contributed by atoms with Gasteiger partial charge in [0.05, 0.1) is 12.6 Å². The van der Waals surface area contributed by atoms with E-state index in [0.717, 1.165) is 24.2 Å². The highest BCUT2D eigenvalue weighted by molar-refractivity contribution is 5.85. The summed E-state index contributed by atoms with van der Waals surface area (Å²) in [4.78, 5) is 12.2. The van der Waals surface area contributed by atoms with Crippen molar-refractivity contribution in [3.8, 4) is 5.75 Å². The number of hydrogen-bond donors (Lipinski definition) is 2. The average Bonchev–Trinajstić information content (AvgIpc) is 2.54. The van der Waals surface area contributed by atoms with Crippen molar-refractivity contribution < 1.29 is 14.3 Å². The molecule has 0 aliphatic carbocycles. The van der Waals surface area contributed by atoms with Crippen LogP contribution in [-0.2, 0) is 16.1 Å². The Morgan fingerprint density at radius 3 is 2.77 bits per heavy atom. The normalized spacial score (nSPS) is 16.5. The van der Waals surface area contributed by atoms with Gasteiger partial charge in [0.1, 0.15) is 5.75 Å². The van der Waals surface area contributed by atoms with Gasteiger partial charge in [-0.2, -0.15) is 0 Å².